The molecule has 0 spiro atoms. The average molecular weight is 279 g/mol. The minimum Gasteiger partial charge on any atom is -0.469 e. The Morgan fingerprint density at radius 1 is 1.35 bits per heavy atom. The molecule has 0 amide bonds. The van der Waals surface area contributed by atoms with Crippen molar-refractivity contribution in [2.45, 2.75) is 37.5 Å². The van der Waals surface area contributed by atoms with Gasteiger partial charge in [-0.15, -0.1) is 0 Å². The van der Waals surface area contributed by atoms with E-state index in [4.69, 9.17) is 9.47 Å². The molecule has 0 radical (unpaired) electrons. The van der Waals surface area contributed by atoms with Crippen LogP contribution < -0.4 is 0 Å². The standard InChI is InChI=1S/C15H21NO4/c1-4-5-6-13(17)20-12-9-10-7-8-11(16(10)2)14(12)15(18)19-3/h4-6,10-12,14H,1,7-9H2,2-3H3/b6-5+/t10-,11+,12-,14+/m0/s1. The van der Waals surface area contributed by atoms with Crippen molar-refractivity contribution >= 4 is 11.9 Å². The summed E-state index contributed by atoms with van der Waals surface area (Å²) in [4.78, 5) is 26.0. The molecule has 0 unspecified atom stereocenters. The molecule has 0 N–H and O–H groups in total. The van der Waals surface area contributed by atoms with Gasteiger partial charge in [0.05, 0.1) is 7.11 Å². The van der Waals surface area contributed by atoms with Crippen LogP contribution in [-0.2, 0) is 19.1 Å². The van der Waals surface area contributed by atoms with Crippen molar-refractivity contribution in [1.82, 2.24) is 4.90 Å². The molecule has 2 rings (SSSR count). The summed E-state index contributed by atoms with van der Waals surface area (Å²) in [5.74, 6) is -1.13. The highest BCUT2D eigenvalue weighted by Crippen LogP contribution is 2.40. The van der Waals surface area contributed by atoms with Crippen LogP contribution in [0, 0.1) is 5.92 Å². The number of piperidine rings is 1. The highest BCUT2D eigenvalue weighted by atomic mass is 16.6. The lowest BCUT2D eigenvalue weighted by atomic mass is 9.87. The van der Waals surface area contributed by atoms with Crippen LogP contribution in [0.3, 0.4) is 0 Å². The van der Waals surface area contributed by atoms with E-state index in [1.54, 1.807) is 0 Å². The van der Waals surface area contributed by atoms with E-state index in [0.717, 1.165) is 12.8 Å². The van der Waals surface area contributed by atoms with Crippen LogP contribution >= 0.6 is 0 Å². The van der Waals surface area contributed by atoms with Crippen molar-refractivity contribution in [1.29, 1.82) is 0 Å². The Hall–Kier alpha value is -1.62. The summed E-state index contributed by atoms with van der Waals surface area (Å²) >= 11 is 0. The van der Waals surface area contributed by atoms with E-state index < -0.39 is 18.0 Å². The van der Waals surface area contributed by atoms with Crippen LogP contribution in [0.25, 0.3) is 0 Å². The van der Waals surface area contributed by atoms with Crippen molar-refractivity contribution in [3.05, 3.63) is 24.8 Å². The SMILES string of the molecule is C=C/C=C/C(=O)O[C@H]1C[C@@H]2CC[C@H]([C@H]1C(=O)OC)N2C. The summed E-state index contributed by atoms with van der Waals surface area (Å²) in [6.45, 7) is 3.50. The van der Waals surface area contributed by atoms with E-state index >= 15 is 0 Å². The number of allylic oxidation sites excluding steroid dienone is 2. The number of fused-ring (bicyclic) bond motifs is 2. The monoisotopic (exact) mass is 279 g/mol. The summed E-state index contributed by atoms with van der Waals surface area (Å²) in [5, 5.41) is 0. The molecule has 5 heteroatoms. The Kier molecular flexibility index (Phi) is 4.60. The van der Waals surface area contributed by atoms with E-state index in [1.165, 1.54) is 25.3 Å². The lowest BCUT2D eigenvalue weighted by molar-refractivity contribution is -0.165. The molecule has 2 aliphatic heterocycles. The molecular formula is C15H21NO4. The van der Waals surface area contributed by atoms with Crippen molar-refractivity contribution in [3.8, 4) is 0 Å². The molecule has 0 aromatic heterocycles. The molecule has 4 atom stereocenters. The van der Waals surface area contributed by atoms with Crippen molar-refractivity contribution < 1.29 is 19.1 Å². The van der Waals surface area contributed by atoms with Crippen LogP contribution in [0.4, 0.5) is 0 Å². The third-order valence-corrected chi connectivity index (χ3v) is 4.32. The van der Waals surface area contributed by atoms with Crippen molar-refractivity contribution in [2.24, 2.45) is 5.92 Å². The topological polar surface area (TPSA) is 55.8 Å². The summed E-state index contributed by atoms with van der Waals surface area (Å²) in [7, 11) is 3.40. The lowest BCUT2D eigenvalue weighted by Crippen LogP contribution is -2.53. The second kappa shape index (κ2) is 6.22. The highest BCUT2D eigenvalue weighted by molar-refractivity contribution is 5.83. The molecule has 2 heterocycles. The Bertz CT molecular complexity index is 432. The van der Waals surface area contributed by atoms with E-state index in [-0.39, 0.29) is 12.0 Å². The van der Waals surface area contributed by atoms with Gasteiger partial charge in [0.2, 0.25) is 0 Å². The first-order valence-electron chi connectivity index (χ1n) is 6.88. The Labute approximate surface area is 119 Å². The number of rotatable bonds is 4. The number of hydrogen-bond donors (Lipinski definition) is 0. The van der Waals surface area contributed by atoms with Gasteiger partial charge in [-0.25, -0.2) is 4.79 Å². The fourth-order valence-electron chi connectivity index (χ4n) is 3.32. The summed E-state index contributed by atoms with van der Waals surface area (Å²) in [6.07, 6.45) is 6.61. The number of carbonyl (C=O) groups excluding carboxylic acids is 2. The maximum Gasteiger partial charge on any atom is 0.331 e. The first-order valence-corrected chi connectivity index (χ1v) is 6.88. The van der Waals surface area contributed by atoms with Crippen LogP contribution in [0.2, 0.25) is 0 Å². The lowest BCUT2D eigenvalue weighted by Gasteiger charge is -2.40. The number of esters is 2. The molecule has 5 nitrogen and oxygen atoms in total. The molecule has 0 aliphatic carbocycles. The predicted molar refractivity (Wildman–Crippen MR) is 73.9 cm³/mol. The molecule has 2 aliphatic rings. The van der Waals surface area contributed by atoms with Crippen LogP contribution in [0.1, 0.15) is 19.3 Å². The smallest absolute Gasteiger partial charge is 0.331 e. The van der Waals surface area contributed by atoms with Crippen LogP contribution in [0.15, 0.2) is 24.8 Å². The summed E-state index contributed by atoms with van der Waals surface area (Å²) in [6, 6.07) is 0.476. The van der Waals surface area contributed by atoms with E-state index in [1.807, 2.05) is 7.05 Å². The molecule has 2 saturated heterocycles. The van der Waals surface area contributed by atoms with Gasteiger partial charge in [0.15, 0.2) is 0 Å². The molecule has 20 heavy (non-hydrogen) atoms. The molecule has 0 saturated carbocycles. The Morgan fingerprint density at radius 2 is 2.10 bits per heavy atom. The van der Waals surface area contributed by atoms with Gasteiger partial charge in [-0.3, -0.25) is 9.69 Å². The van der Waals surface area contributed by atoms with E-state index in [2.05, 4.69) is 11.5 Å². The fraction of sp³-hybridized carbons (Fsp3) is 0.600. The van der Waals surface area contributed by atoms with E-state index in [0.29, 0.717) is 12.5 Å². The summed E-state index contributed by atoms with van der Waals surface area (Å²) in [5.41, 5.74) is 0. The zero-order chi connectivity index (χ0) is 14.7. The quantitative estimate of drug-likeness (QED) is 0.441. The van der Waals surface area contributed by atoms with Crippen LogP contribution in [-0.4, -0.2) is 49.2 Å². The largest absolute Gasteiger partial charge is 0.469 e. The maximum atomic E-state index is 12.0. The first kappa shape index (κ1) is 14.8. The minimum atomic E-state index is -0.437. The van der Waals surface area contributed by atoms with Crippen molar-refractivity contribution in [2.75, 3.05) is 14.2 Å². The Balaban J connectivity index is 2.13. The number of methoxy groups -OCH3 is 1. The molecule has 0 aromatic rings. The third kappa shape index (κ3) is 2.77. The second-order valence-corrected chi connectivity index (χ2v) is 5.32. The van der Waals surface area contributed by atoms with Gasteiger partial charge in [0.1, 0.15) is 12.0 Å². The fourth-order valence-corrected chi connectivity index (χ4v) is 3.32. The zero-order valence-corrected chi connectivity index (χ0v) is 12.0. The molecular weight excluding hydrogens is 258 g/mol. The van der Waals surface area contributed by atoms with E-state index in [9.17, 15) is 9.59 Å². The normalized spacial score (nSPS) is 33.1. The minimum absolute atomic E-state index is 0.0994. The number of ether oxygens (including phenoxy) is 2. The number of hydrogen-bond acceptors (Lipinski definition) is 5. The molecule has 0 aromatic carbocycles. The predicted octanol–water partition coefficient (Wildman–Crippen LogP) is 1.30. The van der Waals surface area contributed by atoms with Gasteiger partial charge in [-0.2, -0.15) is 0 Å². The van der Waals surface area contributed by atoms with Gasteiger partial charge >= 0.3 is 11.9 Å². The highest BCUT2D eigenvalue weighted by Gasteiger charge is 2.50. The Morgan fingerprint density at radius 3 is 2.75 bits per heavy atom. The number of carbonyl (C=O) groups is 2. The second-order valence-electron chi connectivity index (χ2n) is 5.32. The molecule has 2 fully saturated rings. The van der Waals surface area contributed by atoms with Crippen LogP contribution in [0.5, 0.6) is 0 Å². The van der Waals surface area contributed by atoms with Gasteiger partial charge in [0, 0.05) is 24.6 Å². The third-order valence-electron chi connectivity index (χ3n) is 4.32. The van der Waals surface area contributed by atoms with Crippen molar-refractivity contribution in [3.63, 3.8) is 0 Å². The zero-order valence-electron chi connectivity index (χ0n) is 12.0. The summed E-state index contributed by atoms with van der Waals surface area (Å²) < 4.78 is 10.3. The van der Waals surface area contributed by atoms with Gasteiger partial charge in [-0.1, -0.05) is 18.7 Å². The number of nitrogens with zero attached hydrogens (tertiary/aromatic N) is 1. The first-order chi connectivity index (χ1) is 9.58. The van der Waals surface area contributed by atoms with Gasteiger partial charge < -0.3 is 9.47 Å². The average Bonchev–Trinajstić information content (AvgIpc) is 2.68. The molecule has 2 bridgehead atoms. The van der Waals surface area contributed by atoms with Gasteiger partial charge in [-0.05, 0) is 19.9 Å². The maximum absolute atomic E-state index is 12.0. The molecule has 110 valence electrons. The van der Waals surface area contributed by atoms with Gasteiger partial charge in [0.25, 0.3) is 0 Å².